The molecule has 192 valence electrons. The molecule has 3 rings (SSSR count). The van der Waals surface area contributed by atoms with Crippen molar-refractivity contribution in [2.45, 2.75) is 43.6 Å². The zero-order valence-electron chi connectivity index (χ0n) is 17.1. The fourth-order valence-electron chi connectivity index (χ4n) is 3.68. The number of nitrogens with zero attached hydrogens (tertiary/aromatic N) is 4. The molecule has 0 spiro atoms. The molecular formula is C18H14F9N5O3. The van der Waals surface area contributed by atoms with Gasteiger partial charge < -0.3 is 15.2 Å². The van der Waals surface area contributed by atoms with Crippen LogP contribution in [-0.4, -0.2) is 50.0 Å². The molecular weight excluding hydrogens is 505 g/mol. The van der Waals surface area contributed by atoms with Crippen molar-refractivity contribution in [2.24, 2.45) is 5.73 Å². The number of nitrogens with two attached hydrogens (primary N) is 1. The molecule has 1 aromatic heterocycles. The largest absolute Gasteiger partial charge is 0.451 e. The van der Waals surface area contributed by atoms with Crippen LogP contribution >= 0.6 is 0 Å². The Hall–Kier alpha value is -3.37. The summed E-state index contributed by atoms with van der Waals surface area (Å²) in [5.74, 6) is -18.6. The quantitative estimate of drug-likeness (QED) is 0.465. The lowest BCUT2D eigenvalue weighted by molar-refractivity contribution is -0.215. The molecule has 0 aliphatic carbocycles. The number of hydrogen-bond donors (Lipinski definition) is 1. The van der Waals surface area contributed by atoms with Gasteiger partial charge in [-0.05, 0) is 6.07 Å². The van der Waals surface area contributed by atoms with E-state index in [1.54, 1.807) is 0 Å². The van der Waals surface area contributed by atoms with E-state index in [-0.39, 0.29) is 24.5 Å². The minimum absolute atomic E-state index is 0.0267. The molecule has 1 aromatic carbocycles. The van der Waals surface area contributed by atoms with Gasteiger partial charge >= 0.3 is 18.1 Å². The van der Waals surface area contributed by atoms with Crippen molar-refractivity contribution in [3.8, 4) is 0 Å². The SMILES string of the molecule is N[C@@H](CC(=O)N1CCn2c(nnc2C(F)(F)F)C1)C(c1cc(F)c(F)cc1F)C(F)(F)C(=O)OF. The van der Waals surface area contributed by atoms with E-state index < -0.39 is 84.3 Å². The summed E-state index contributed by atoms with van der Waals surface area (Å²) in [6.45, 7) is -1.29. The van der Waals surface area contributed by atoms with Crippen LogP contribution in [0.15, 0.2) is 12.1 Å². The monoisotopic (exact) mass is 519 g/mol. The van der Waals surface area contributed by atoms with Crippen LogP contribution < -0.4 is 5.73 Å². The number of alkyl halides is 5. The number of aromatic nitrogens is 3. The second-order valence-electron chi connectivity index (χ2n) is 7.53. The molecule has 1 aliphatic rings. The van der Waals surface area contributed by atoms with Crippen molar-refractivity contribution in [2.75, 3.05) is 6.54 Å². The maximum absolute atomic E-state index is 14.6. The number of amides is 1. The predicted octanol–water partition coefficient (Wildman–Crippen LogP) is 2.62. The first-order chi connectivity index (χ1) is 16.2. The van der Waals surface area contributed by atoms with Crippen LogP contribution in [0.4, 0.5) is 39.6 Å². The Balaban J connectivity index is 1.87. The van der Waals surface area contributed by atoms with Crippen molar-refractivity contribution in [3.05, 3.63) is 46.8 Å². The van der Waals surface area contributed by atoms with Crippen LogP contribution in [-0.2, 0) is 33.8 Å². The molecule has 2 aromatic rings. The number of hydrogen-bond acceptors (Lipinski definition) is 6. The van der Waals surface area contributed by atoms with Crippen molar-refractivity contribution in [3.63, 3.8) is 0 Å². The third kappa shape index (κ3) is 5.03. The van der Waals surface area contributed by atoms with Gasteiger partial charge in [0.2, 0.25) is 11.7 Å². The van der Waals surface area contributed by atoms with E-state index in [1.165, 1.54) is 0 Å². The number of carbonyl (C=O) groups is 2. The third-order valence-corrected chi connectivity index (χ3v) is 5.31. The molecule has 0 radical (unpaired) electrons. The number of benzene rings is 1. The van der Waals surface area contributed by atoms with Gasteiger partial charge in [-0.15, -0.1) is 10.2 Å². The van der Waals surface area contributed by atoms with Crippen LogP contribution in [0, 0.1) is 17.5 Å². The van der Waals surface area contributed by atoms with E-state index >= 15 is 0 Å². The lowest BCUT2D eigenvalue weighted by Crippen LogP contribution is -2.49. The van der Waals surface area contributed by atoms with Crippen LogP contribution in [0.1, 0.15) is 29.6 Å². The summed E-state index contributed by atoms with van der Waals surface area (Å²) in [5.41, 5.74) is 4.29. The summed E-state index contributed by atoms with van der Waals surface area (Å²) < 4.78 is 122. The Morgan fingerprint density at radius 3 is 2.26 bits per heavy atom. The molecule has 2 atom stereocenters. The first-order valence-corrected chi connectivity index (χ1v) is 9.56. The smallest absolute Gasteiger partial charge is 0.333 e. The molecule has 1 amide bonds. The minimum Gasteiger partial charge on any atom is -0.333 e. The Kier molecular flexibility index (Phi) is 7.01. The maximum Gasteiger partial charge on any atom is 0.451 e. The highest BCUT2D eigenvalue weighted by Gasteiger charge is 2.54. The van der Waals surface area contributed by atoms with Gasteiger partial charge in [-0.1, -0.05) is 0 Å². The topological polar surface area (TPSA) is 103 Å². The molecule has 2 heterocycles. The van der Waals surface area contributed by atoms with E-state index in [4.69, 9.17) is 5.73 Å². The van der Waals surface area contributed by atoms with Crippen LogP contribution in [0.25, 0.3) is 0 Å². The molecule has 0 saturated heterocycles. The number of fused-ring (bicyclic) bond motifs is 1. The molecule has 17 heteroatoms. The van der Waals surface area contributed by atoms with Gasteiger partial charge in [-0.3, -0.25) is 4.79 Å². The lowest BCUT2D eigenvalue weighted by Gasteiger charge is -2.32. The summed E-state index contributed by atoms with van der Waals surface area (Å²) in [6, 6.07) is -2.33. The standard InChI is InChI=1S/C18H14F9N5O3/c19-8-4-10(21)9(20)3-7(8)14(17(22,23)16(34)35-27)11(28)5-13(33)31-1-2-32-12(6-31)29-30-15(32)18(24,25)26/h3-4,11,14H,1-2,5-6,28H2/t11-,14?/m0/s1. The predicted molar refractivity (Wildman–Crippen MR) is 94.2 cm³/mol. The second kappa shape index (κ2) is 9.35. The Morgan fingerprint density at radius 1 is 1.03 bits per heavy atom. The maximum atomic E-state index is 14.6. The second-order valence-corrected chi connectivity index (χ2v) is 7.53. The van der Waals surface area contributed by atoms with E-state index in [2.05, 4.69) is 15.1 Å². The molecule has 1 unspecified atom stereocenters. The van der Waals surface area contributed by atoms with Gasteiger partial charge in [0.15, 0.2) is 17.5 Å². The number of carbonyl (C=O) groups excluding carboxylic acids is 2. The molecule has 0 saturated carbocycles. The minimum atomic E-state index is -4.94. The van der Waals surface area contributed by atoms with Crippen molar-refractivity contribution in [1.82, 2.24) is 19.7 Å². The summed E-state index contributed by atoms with van der Waals surface area (Å²) in [6.07, 6.45) is -5.91. The average Bonchev–Trinajstić information content (AvgIpc) is 3.20. The third-order valence-electron chi connectivity index (χ3n) is 5.31. The molecule has 2 N–H and O–H groups in total. The highest BCUT2D eigenvalue weighted by Crippen LogP contribution is 2.40. The summed E-state index contributed by atoms with van der Waals surface area (Å²) in [5, 5.41) is 6.35. The molecule has 8 nitrogen and oxygen atoms in total. The van der Waals surface area contributed by atoms with E-state index in [1.807, 2.05) is 0 Å². The molecule has 0 bridgehead atoms. The van der Waals surface area contributed by atoms with Crippen molar-refractivity contribution < 1.29 is 54.2 Å². The highest BCUT2D eigenvalue weighted by atomic mass is 19.4. The van der Waals surface area contributed by atoms with Gasteiger partial charge in [0.1, 0.15) is 5.82 Å². The van der Waals surface area contributed by atoms with Gasteiger partial charge in [-0.25, -0.2) is 22.9 Å². The van der Waals surface area contributed by atoms with Crippen LogP contribution in [0.5, 0.6) is 0 Å². The fraction of sp³-hybridized carbons (Fsp3) is 0.444. The van der Waals surface area contributed by atoms with Crippen molar-refractivity contribution >= 4 is 11.9 Å². The average molecular weight is 519 g/mol. The summed E-state index contributed by atoms with van der Waals surface area (Å²) >= 11 is 0. The molecule has 35 heavy (non-hydrogen) atoms. The van der Waals surface area contributed by atoms with Gasteiger partial charge in [0, 0.05) is 41.7 Å². The Bertz CT molecular complexity index is 1140. The zero-order chi connectivity index (χ0) is 26.3. The van der Waals surface area contributed by atoms with E-state index in [0.29, 0.717) is 4.57 Å². The number of halogens is 9. The Morgan fingerprint density at radius 2 is 1.66 bits per heavy atom. The van der Waals surface area contributed by atoms with E-state index in [9.17, 15) is 49.2 Å². The first kappa shape index (κ1) is 26.2. The summed E-state index contributed by atoms with van der Waals surface area (Å²) in [4.78, 5) is 27.4. The zero-order valence-corrected chi connectivity index (χ0v) is 17.1. The Labute approximate surface area is 189 Å². The van der Waals surface area contributed by atoms with Crippen molar-refractivity contribution in [1.29, 1.82) is 0 Å². The lowest BCUT2D eigenvalue weighted by atomic mass is 9.83. The normalized spacial score (nSPS) is 16.0. The van der Waals surface area contributed by atoms with Gasteiger partial charge in [0.25, 0.3) is 0 Å². The van der Waals surface area contributed by atoms with Gasteiger partial charge in [-0.2, -0.15) is 22.0 Å². The fourth-order valence-corrected chi connectivity index (χ4v) is 3.68. The molecule has 1 aliphatic heterocycles. The highest BCUT2D eigenvalue weighted by molar-refractivity contribution is 5.80. The first-order valence-electron chi connectivity index (χ1n) is 9.56. The van der Waals surface area contributed by atoms with E-state index in [0.717, 1.165) is 4.90 Å². The van der Waals surface area contributed by atoms with Gasteiger partial charge in [0.05, 0.1) is 12.5 Å². The molecule has 0 fully saturated rings. The number of rotatable bonds is 6. The summed E-state index contributed by atoms with van der Waals surface area (Å²) in [7, 11) is 0. The van der Waals surface area contributed by atoms with Crippen LogP contribution in [0.3, 0.4) is 0 Å². The van der Waals surface area contributed by atoms with Crippen LogP contribution in [0.2, 0.25) is 0 Å².